The molecule has 0 bridgehead atoms. The van der Waals surface area contributed by atoms with Crippen molar-refractivity contribution in [3.8, 4) is 78.7 Å². The molecule has 0 radical (unpaired) electrons. The molecule has 2 heterocycles. The predicted molar refractivity (Wildman–Crippen MR) is 255 cm³/mol. The van der Waals surface area contributed by atoms with E-state index in [1.165, 1.54) is 52.6 Å². The molecule has 0 atom stereocenters. The van der Waals surface area contributed by atoms with Crippen LogP contribution in [0.2, 0.25) is 0 Å². The molecular formula is C58H40N4O. The lowest BCUT2D eigenvalue weighted by atomic mass is 9.67. The van der Waals surface area contributed by atoms with Gasteiger partial charge in [-0.25, -0.2) is 19.8 Å². The Kier molecular flexibility index (Phi) is 8.72. The summed E-state index contributed by atoms with van der Waals surface area (Å²) in [6.45, 7) is 7.72. The maximum absolute atomic E-state index is 7.72. The smallest absolute Gasteiger partial charge is 0.187 e. The van der Waals surface area contributed by atoms with Gasteiger partial charge in [0.05, 0.1) is 6.57 Å². The Balaban J connectivity index is 0.896. The molecular weight excluding hydrogens is 769 g/mol. The van der Waals surface area contributed by atoms with Crippen molar-refractivity contribution < 1.29 is 4.42 Å². The summed E-state index contributed by atoms with van der Waals surface area (Å²) in [5.74, 6) is 1.79. The van der Waals surface area contributed by atoms with E-state index in [1.807, 2.05) is 36.4 Å². The van der Waals surface area contributed by atoms with Gasteiger partial charge in [0.25, 0.3) is 0 Å². The molecule has 5 heteroatoms. The van der Waals surface area contributed by atoms with Gasteiger partial charge < -0.3 is 4.42 Å². The highest BCUT2D eigenvalue weighted by molar-refractivity contribution is 6.05. The Morgan fingerprint density at radius 2 is 0.905 bits per heavy atom. The molecule has 0 N–H and O–H groups in total. The van der Waals surface area contributed by atoms with Gasteiger partial charge in [-0.3, -0.25) is 0 Å². The van der Waals surface area contributed by atoms with Crippen LogP contribution in [0.1, 0.15) is 43.2 Å². The molecule has 298 valence electrons. The summed E-state index contributed by atoms with van der Waals surface area (Å²) in [4.78, 5) is 19.0. The number of hydrogen-bond donors (Lipinski definition) is 0. The number of nitrogens with zero attached hydrogens (tertiary/aromatic N) is 4. The maximum atomic E-state index is 7.72. The summed E-state index contributed by atoms with van der Waals surface area (Å²) in [6, 6.07) is 63.9. The molecule has 0 amide bonds. The molecule has 0 unspecified atom stereocenters. The van der Waals surface area contributed by atoms with E-state index >= 15 is 0 Å². The Morgan fingerprint density at radius 3 is 1.62 bits per heavy atom. The van der Waals surface area contributed by atoms with Crippen LogP contribution in [-0.4, -0.2) is 15.0 Å². The zero-order valence-electron chi connectivity index (χ0n) is 34.6. The quantitative estimate of drug-likeness (QED) is 0.157. The van der Waals surface area contributed by atoms with E-state index in [0.29, 0.717) is 17.5 Å². The van der Waals surface area contributed by atoms with Crippen LogP contribution in [0.4, 0.5) is 5.69 Å². The monoisotopic (exact) mass is 808 g/mol. The number of hydrogen-bond acceptors (Lipinski definition) is 4. The topological polar surface area (TPSA) is 56.2 Å². The highest BCUT2D eigenvalue weighted by Gasteiger charge is 2.43. The molecule has 10 aromatic rings. The molecule has 1 saturated carbocycles. The fourth-order valence-electron chi connectivity index (χ4n) is 10.2. The van der Waals surface area contributed by atoms with E-state index < -0.39 is 0 Å². The number of furan rings is 1. The summed E-state index contributed by atoms with van der Waals surface area (Å²) in [5.41, 5.74) is 17.4. The van der Waals surface area contributed by atoms with Crippen LogP contribution in [0.3, 0.4) is 0 Å². The minimum absolute atomic E-state index is 0.0202. The highest BCUT2D eigenvalue weighted by atomic mass is 16.3. The van der Waals surface area contributed by atoms with Gasteiger partial charge >= 0.3 is 0 Å². The van der Waals surface area contributed by atoms with E-state index in [0.717, 1.165) is 79.4 Å². The van der Waals surface area contributed by atoms with Crippen molar-refractivity contribution in [3.63, 3.8) is 0 Å². The van der Waals surface area contributed by atoms with Gasteiger partial charge in [-0.1, -0.05) is 171 Å². The number of para-hydroxylation sites is 1. The van der Waals surface area contributed by atoms with Gasteiger partial charge in [0.15, 0.2) is 23.2 Å². The molecule has 8 aromatic carbocycles. The maximum Gasteiger partial charge on any atom is 0.187 e. The second-order valence-electron chi connectivity index (χ2n) is 17.0. The Morgan fingerprint density at radius 1 is 0.397 bits per heavy atom. The second kappa shape index (κ2) is 14.9. The average Bonchev–Trinajstić information content (AvgIpc) is 3.86. The molecule has 63 heavy (non-hydrogen) atoms. The summed E-state index contributed by atoms with van der Waals surface area (Å²) in [6.07, 6.45) is 5.96. The van der Waals surface area contributed by atoms with Crippen molar-refractivity contribution in [2.75, 3.05) is 0 Å². The molecule has 0 aliphatic heterocycles. The first-order chi connectivity index (χ1) is 31.1. The van der Waals surface area contributed by atoms with Crippen LogP contribution in [0.5, 0.6) is 0 Å². The predicted octanol–water partition coefficient (Wildman–Crippen LogP) is 15.6. The minimum atomic E-state index is -0.0202. The largest absolute Gasteiger partial charge is 0.456 e. The summed E-state index contributed by atoms with van der Waals surface area (Å²) in [5, 5.41) is 2.15. The SMILES string of the molecule is [C-]#[N+]c1ccc2c(c1)C1(CCCCC1)c1cc(-c3cccc(-c4ccc(-c5nc(-c6ccc(-c7ccccc7)cc6)nc(-c6ccc7c(c6)oc6ccccc67)n5)cc4)c3)ccc1-2. The molecule has 1 spiro atoms. The van der Waals surface area contributed by atoms with Crippen molar-refractivity contribution in [2.45, 2.75) is 37.5 Å². The normalized spacial score (nSPS) is 13.8. The molecule has 2 aromatic heterocycles. The third kappa shape index (κ3) is 6.34. The lowest BCUT2D eigenvalue weighted by molar-refractivity contribution is 0.353. The third-order valence-electron chi connectivity index (χ3n) is 13.4. The Bertz CT molecular complexity index is 3430. The van der Waals surface area contributed by atoms with Crippen LogP contribution in [-0.2, 0) is 5.41 Å². The second-order valence-corrected chi connectivity index (χ2v) is 17.0. The fourth-order valence-corrected chi connectivity index (χ4v) is 10.2. The molecule has 2 aliphatic carbocycles. The van der Waals surface area contributed by atoms with E-state index in [-0.39, 0.29) is 5.41 Å². The zero-order valence-corrected chi connectivity index (χ0v) is 34.6. The first-order valence-electron chi connectivity index (χ1n) is 21.8. The summed E-state index contributed by atoms with van der Waals surface area (Å²) >= 11 is 0. The van der Waals surface area contributed by atoms with Gasteiger partial charge in [0.2, 0.25) is 0 Å². The van der Waals surface area contributed by atoms with E-state index in [1.54, 1.807) is 0 Å². The van der Waals surface area contributed by atoms with Crippen LogP contribution in [0.15, 0.2) is 186 Å². The lowest BCUT2D eigenvalue weighted by Gasteiger charge is -2.36. The average molecular weight is 809 g/mol. The van der Waals surface area contributed by atoms with Crippen molar-refractivity contribution in [1.29, 1.82) is 0 Å². The number of benzene rings is 8. The number of rotatable bonds is 6. The zero-order chi connectivity index (χ0) is 41.9. The highest BCUT2D eigenvalue weighted by Crippen LogP contribution is 2.57. The molecule has 0 saturated heterocycles. The van der Waals surface area contributed by atoms with Crippen molar-refractivity contribution in [3.05, 3.63) is 205 Å². The van der Waals surface area contributed by atoms with Crippen molar-refractivity contribution in [2.24, 2.45) is 0 Å². The van der Waals surface area contributed by atoms with Gasteiger partial charge in [-0.05, 0) is 98.8 Å². The van der Waals surface area contributed by atoms with Gasteiger partial charge in [0, 0.05) is 32.9 Å². The first-order valence-corrected chi connectivity index (χ1v) is 21.8. The van der Waals surface area contributed by atoms with Crippen LogP contribution < -0.4 is 0 Å². The first kappa shape index (κ1) is 36.9. The third-order valence-corrected chi connectivity index (χ3v) is 13.4. The molecule has 5 nitrogen and oxygen atoms in total. The molecule has 1 fully saturated rings. The summed E-state index contributed by atoms with van der Waals surface area (Å²) < 4.78 is 6.28. The van der Waals surface area contributed by atoms with Crippen LogP contribution >= 0.6 is 0 Å². The minimum Gasteiger partial charge on any atom is -0.456 e. The standard InChI is InChI=1S/C58H40N4O/c1-59-46-27-30-48-47-28-25-44(34-51(47)58(52(48)36-46)31-8-3-9-32-58)43-14-10-13-42(33-43)39-19-23-41(24-20-39)56-60-55(40-21-17-38(18-22-40)37-11-4-2-5-12-37)61-57(62-56)45-26-29-50-49-15-6-7-16-53(49)63-54(50)35-45/h2,4-7,10-30,33-36H,3,8-9,31-32H2. The number of fused-ring (bicyclic) bond motifs is 8. The Hall–Kier alpha value is -7.94. The molecule has 12 rings (SSSR count). The fraction of sp³-hybridized carbons (Fsp3) is 0.103. The van der Waals surface area contributed by atoms with Gasteiger partial charge in [0.1, 0.15) is 11.2 Å². The number of aromatic nitrogens is 3. The van der Waals surface area contributed by atoms with Crippen molar-refractivity contribution >= 4 is 27.6 Å². The van der Waals surface area contributed by atoms with Crippen LogP contribution in [0, 0.1) is 6.57 Å². The lowest BCUT2D eigenvalue weighted by Crippen LogP contribution is -2.28. The van der Waals surface area contributed by atoms with Gasteiger partial charge in [-0.2, -0.15) is 0 Å². The molecule has 2 aliphatic rings. The van der Waals surface area contributed by atoms with E-state index in [2.05, 4.69) is 150 Å². The Labute approximate surface area is 366 Å². The van der Waals surface area contributed by atoms with E-state index in [9.17, 15) is 0 Å². The van der Waals surface area contributed by atoms with E-state index in [4.69, 9.17) is 25.9 Å². The van der Waals surface area contributed by atoms with Gasteiger partial charge in [-0.15, -0.1) is 0 Å². The summed E-state index contributed by atoms with van der Waals surface area (Å²) in [7, 11) is 0. The van der Waals surface area contributed by atoms with Crippen LogP contribution in [0.25, 0.3) is 105 Å². The van der Waals surface area contributed by atoms with Crippen molar-refractivity contribution in [1.82, 2.24) is 15.0 Å².